The van der Waals surface area contributed by atoms with Crippen molar-refractivity contribution in [2.24, 2.45) is 0 Å². The lowest BCUT2D eigenvalue weighted by atomic mass is 10.2. The zero-order valence-electron chi connectivity index (χ0n) is 5.71. The molecule has 0 amide bonds. The average Bonchev–Trinajstić information content (AvgIpc) is 1.80. The first kappa shape index (κ1) is 10.1. The summed E-state index contributed by atoms with van der Waals surface area (Å²) in [4.78, 5) is 0. The first-order chi connectivity index (χ1) is 4.48. The van der Waals surface area contributed by atoms with Crippen LogP contribution in [-0.4, -0.2) is 11.6 Å². The number of hydrogen-bond donors (Lipinski definition) is 0. The molecule has 62 valence electrons. The lowest BCUT2D eigenvalue weighted by molar-refractivity contribution is -0.131. The standard InChI is InChI=1S/C6H10ClF3/c1-2-3-4-5(7)6(8,9)10/h5H,2-4H2,1H3. The van der Waals surface area contributed by atoms with Gasteiger partial charge in [0.25, 0.3) is 0 Å². The van der Waals surface area contributed by atoms with E-state index in [2.05, 4.69) is 0 Å². The summed E-state index contributed by atoms with van der Waals surface area (Å²) in [5.41, 5.74) is 0. The molecular weight excluding hydrogens is 165 g/mol. The second-order valence-corrected chi connectivity index (χ2v) is 2.68. The van der Waals surface area contributed by atoms with Crippen LogP contribution < -0.4 is 0 Å². The van der Waals surface area contributed by atoms with E-state index in [9.17, 15) is 13.2 Å². The molecule has 0 heterocycles. The lowest BCUT2D eigenvalue weighted by Gasteiger charge is -2.11. The minimum absolute atomic E-state index is 0.0293. The van der Waals surface area contributed by atoms with Crippen LogP contribution in [0.5, 0.6) is 0 Å². The van der Waals surface area contributed by atoms with Crippen molar-refractivity contribution in [1.29, 1.82) is 0 Å². The van der Waals surface area contributed by atoms with Gasteiger partial charge in [-0.3, -0.25) is 0 Å². The summed E-state index contributed by atoms with van der Waals surface area (Å²) in [5, 5.41) is -1.66. The molecule has 0 aromatic heterocycles. The van der Waals surface area contributed by atoms with Gasteiger partial charge in [0, 0.05) is 0 Å². The third-order valence-corrected chi connectivity index (χ3v) is 1.63. The average molecular weight is 175 g/mol. The van der Waals surface area contributed by atoms with Crippen molar-refractivity contribution in [2.45, 2.75) is 37.7 Å². The topological polar surface area (TPSA) is 0 Å². The van der Waals surface area contributed by atoms with Crippen molar-refractivity contribution in [3.05, 3.63) is 0 Å². The molecule has 0 N–H and O–H groups in total. The van der Waals surface area contributed by atoms with Gasteiger partial charge < -0.3 is 0 Å². The van der Waals surface area contributed by atoms with Crippen LogP contribution >= 0.6 is 11.6 Å². The van der Waals surface area contributed by atoms with Gasteiger partial charge in [-0.15, -0.1) is 11.6 Å². The smallest absolute Gasteiger partial charge is 0.169 e. The van der Waals surface area contributed by atoms with Crippen LogP contribution in [0.4, 0.5) is 13.2 Å². The highest BCUT2D eigenvalue weighted by Gasteiger charge is 2.37. The van der Waals surface area contributed by atoms with E-state index in [1.54, 1.807) is 0 Å². The molecule has 0 saturated heterocycles. The Kier molecular flexibility index (Phi) is 4.09. The maximum Gasteiger partial charge on any atom is 0.404 e. The first-order valence-electron chi connectivity index (χ1n) is 3.19. The van der Waals surface area contributed by atoms with E-state index < -0.39 is 11.6 Å². The summed E-state index contributed by atoms with van der Waals surface area (Å²) in [7, 11) is 0. The fourth-order valence-corrected chi connectivity index (χ4v) is 0.701. The van der Waals surface area contributed by atoms with E-state index >= 15 is 0 Å². The molecule has 0 saturated carbocycles. The fourth-order valence-electron chi connectivity index (χ4n) is 0.547. The molecule has 0 radical (unpaired) electrons. The zero-order chi connectivity index (χ0) is 8.20. The van der Waals surface area contributed by atoms with Gasteiger partial charge in [0.15, 0.2) is 0 Å². The van der Waals surface area contributed by atoms with E-state index in [0.717, 1.165) is 6.42 Å². The van der Waals surface area contributed by atoms with E-state index in [-0.39, 0.29) is 6.42 Å². The summed E-state index contributed by atoms with van der Waals surface area (Å²) in [5.74, 6) is 0. The van der Waals surface area contributed by atoms with Crippen LogP contribution in [0.1, 0.15) is 26.2 Å². The van der Waals surface area contributed by atoms with Crippen LogP contribution in [0, 0.1) is 0 Å². The molecule has 0 aliphatic carbocycles. The second-order valence-electron chi connectivity index (χ2n) is 2.15. The van der Waals surface area contributed by atoms with Gasteiger partial charge in [0.2, 0.25) is 0 Å². The molecule has 0 rings (SSSR count). The number of hydrogen-bond acceptors (Lipinski definition) is 0. The van der Waals surface area contributed by atoms with Crippen LogP contribution in [-0.2, 0) is 0 Å². The maximum absolute atomic E-state index is 11.6. The van der Waals surface area contributed by atoms with Gasteiger partial charge in [-0.2, -0.15) is 13.2 Å². The molecule has 1 unspecified atom stereocenters. The van der Waals surface area contributed by atoms with Gasteiger partial charge in [-0.1, -0.05) is 19.8 Å². The number of halogens is 4. The van der Waals surface area contributed by atoms with Crippen LogP contribution in [0.25, 0.3) is 0 Å². The Morgan fingerprint density at radius 1 is 1.40 bits per heavy atom. The monoisotopic (exact) mass is 174 g/mol. The van der Waals surface area contributed by atoms with Gasteiger partial charge >= 0.3 is 6.18 Å². The third kappa shape index (κ3) is 3.99. The summed E-state index contributed by atoms with van der Waals surface area (Å²) < 4.78 is 34.9. The van der Waals surface area contributed by atoms with Gasteiger partial charge in [0.1, 0.15) is 5.38 Å². The number of unbranched alkanes of at least 4 members (excludes halogenated alkanes) is 1. The lowest BCUT2D eigenvalue weighted by Crippen LogP contribution is -2.22. The van der Waals surface area contributed by atoms with Crippen molar-refractivity contribution in [3.63, 3.8) is 0 Å². The van der Waals surface area contributed by atoms with Gasteiger partial charge in [-0.05, 0) is 6.42 Å². The van der Waals surface area contributed by atoms with Crippen LogP contribution in [0.3, 0.4) is 0 Å². The predicted octanol–water partition coefficient (Wildman–Crippen LogP) is 3.35. The number of rotatable bonds is 3. The van der Waals surface area contributed by atoms with Crippen molar-refractivity contribution in [3.8, 4) is 0 Å². The quantitative estimate of drug-likeness (QED) is 0.576. The first-order valence-corrected chi connectivity index (χ1v) is 3.63. The fraction of sp³-hybridized carbons (Fsp3) is 1.00. The Hall–Kier alpha value is 0.0800. The molecule has 4 heteroatoms. The van der Waals surface area contributed by atoms with Crippen molar-refractivity contribution >= 4 is 11.6 Å². The van der Waals surface area contributed by atoms with Crippen molar-refractivity contribution < 1.29 is 13.2 Å². The van der Waals surface area contributed by atoms with E-state index in [1.165, 1.54) is 0 Å². The van der Waals surface area contributed by atoms with Gasteiger partial charge in [-0.25, -0.2) is 0 Å². The van der Waals surface area contributed by atoms with Crippen molar-refractivity contribution in [2.75, 3.05) is 0 Å². The highest BCUT2D eigenvalue weighted by molar-refractivity contribution is 6.21. The molecule has 10 heavy (non-hydrogen) atoms. The Morgan fingerprint density at radius 3 is 2.20 bits per heavy atom. The molecule has 1 atom stereocenters. The normalized spacial score (nSPS) is 15.3. The molecule has 0 spiro atoms. The molecule has 0 aliphatic rings. The van der Waals surface area contributed by atoms with E-state index in [4.69, 9.17) is 11.6 Å². The summed E-state index contributed by atoms with van der Waals surface area (Å²) >= 11 is 5.01. The minimum atomic E-state index is -4.23. The molecule has 0 aromatic rings. The number of alkyl halides is 4. The third-order valence-electron chi connectivity index (χ3n) is 1.17. The summed E-state index contributed by atoms with van der Waals surface area (Å²) in [6.45, 7) is 1.83. The molecule has 0 fully saturated rings. The maximum atomic E-state index is 11.6. The highest BCUT2D eigenvalue weighted by Crippen LogP contribution is 2.28. The SMILES string of the molecule is CCCCC(Cl)C(F)(F)F. The molecule has 0 aliphatic heterocycles. The Bertz CT molecular complexity index is 89.5. The minimum Gasteiger partial charge on any atom is -0.169 e. The van der Waals surface area contributed by atoms with Crippen molar-refractivity contribution in [1.82, 2.24) is 0 Å². The van der Waals surface area contributed by atoms with E-state index in [0.29, 0.717) is 6.42 Å². The molecule has 0 nitrogen and oxygen atoms in total. The highest BCUT2D eigenvalue weighted by atomic mass is 35.5. The Morgan fingerprint density at radius 2 is 1.90 bits per heavy atom. The van der Waals surface area contributed by atoms with Crippen LogP contribution in [0.15, 0.2) is 0 Å². The molecule has 0 aromatic carbocycles. The molecular formula is C6H10ClF3. The van der Waals surface area contributed by atoms with E-state index in [1.807, 2.05) is 6.92 Å². The van der Waals surface area contributed by atoms with Gasteiger partial charge in [0.05, 0.1) is 0 Å². The molecule has 0 bridgehead atoms. The van der Waals surface area contributed by atoms with Crippen LogP contribution in [0.2, 0.25) is 0 Å². The zero-order valence-corrected chi connectivity index (χ0v) is 6.47. The second kappa shape index (κ2) is 4.06. The summed E-state index contributed by atoms with van der Waals surface area (Å²) in [6, 6.07) is 0. The Labute approximate surface area is 63.4 Å². The predicted molar refractivity (Wildman–Crippen MR) is 35.2 cm³/mol. The largest absolute Gasteiger partial charge is 0.404 e. The Balaban J connectivity index is 3.52. The summed E-state index contributed by atoms with van der Waals surface area (Å²) in [6.07, 6.45) is -2.91.